The van der Waals surface area contributed by atoms with E-state index in [9.17, 15) is 4.79 Å². The fourth-order valence-corrected chi connectivity index (χ4v) is 6.91. The van der Waals surface area contributed by atoms with Crippen LogP contribution < -0.4 is 5.32 Å². The number of carbonyl (C=O) groups excluding carboxylic acids is 1. The number of nitrogens with one attached hydrogen (secondary N) is 2. The van der Waals surface area contributed by atoms with Gasteiger partial charge in [-0.15, -0.1) is 5.10 Å². The van der Waals surface area contributed by atoms with Gasteiger partial charge in [0.25, 0.3) is 0 Å². The fraction of sp³-hybridized carbons (Fsp3) is 0.550. The van der Waals surface area contributed by atoms with E-state index >= 15 is 0 Å². The number of aromatic amines is 1. The lowest BCUT2D eigenvalue weighted by Gasteiger charge is -2.55. The highest BCUT2D eigenvalue weighted by atomic mass is 35.5. The van der Waals surface area contributed by atoms with Crippen molar-refractivity contribution in [1.82, 2.24) is 15.2 Å². The van der Waals surface area contributed by atoms with Crippen LogP contribution in [0.25, 0.3) is 0 Å². The van der Waals surface area contributed by atoms with Gasteiger partial charge in [0.1, 0.15) is 5.82 Å². The molecule has 6 rings (SSSR count). The van der Waals surface area contributed by atoms with Crippen LogP contribution in [0, 0.1) is 17.8 Å². The van der Waals surface area contributed by atoms with E-state index in [0.717, 1.165) is 23.6 Å². The van der Waals surface area contributed by atoms with Crippen LogP contribution in [0.15, 0.2) is 23.4 Å². The van der Waals surface area contributed by atoms with E-state index in [4.69, 9.17) is 28.2 Å². The summed E-state index contributed by atoms with van der Waals surface area (Å²) in [5.74, 6) is 3.72. The van der Waals surface area contributed by atoms with Gasteiger partial charge in [-0.25, -0.2) is 4.98 Å². The molecule has 0 atom stereocenters. The molecule has 4 fully saturated rings. The molecule has 4 aliphatic rings. The average Bonchev–Trinajstić information content (AvgIpc) is 3.11. The Morgan fingerprint density at radius 3 is 2.50 bits per heavy atom. The first-order valence-corrected chi connectivity index (χ1v) is 11.5. The molecule has 1 aromatic heterocycles. The Hall–Kier alpha value is -1.24. The summed E-state index contributed by atoms with van der Waals surface area (Å²) in [4.78, 5) is 17.0. The summed E-state index contributed by atoms with van der Waals surface area (Å²) in [5.41, 5.74) is 0.750. The Bertz CT molecular complexity index is 880. The van der Waals surface area contributed by atoms with Crippen LogP contribution in [-0.2, 0) is 10.2 Å². The molecule has 2 N–H and O–H groups in total. The maximum absolute atomic E-state index is 12.3. The monoisotopic (exact) mass is 436 g/mol. The predicted molar refractivity (Wildman–Crippen MR) is 112 cm³/mol. The summed E-state index contributed by atoms with van der Waals surface area (Å²) in [6, 6.07) is 5.01. The van der Waals surface area contributed by atoms with Crippen LogP contribution in [0.3, 0.4) is 0 Å². The first-order valence-electron chi connectivity index (χ1n) is 9.80. The maximum Gasteiger partial charge on any atom is 0.234 e. The fourth-order valence-electron chi connectivity index (χ4n) is 5.86. The Morgan fingerprint density at radius 1 is 1.18 bits per heavy atom. The van der Waals surface area contributed by atoms with Crippen molar-refractivity contribution in [3.63, 3.8) is 0 Å². The third kappa shape index (κ3) is 3.55. The lowest BCUT2D eigenvalue weighted by Crippen LogP contribution is -2.49. The van der Waals surface area contributed by atoms with Crippen LogP contribution in [0.1, 0.15) is 44.3 Å². The molecule has 148 valence electrons. The largest absolute Gasteiger partial charge is 0.324 e. The number of rotatable bonds is 5. The van der Waals surface area contributed by atoms with E-state index in [-0.39, 0.29) is 17.1 Å². The maximum atomic E-state index is 12.3. The molecule has 1 amide bonds. The molecule has 0 saturated heterocycles. The molecule has 2 aromatic rings. The van der Waals surface area contributed by atoms with Crippen molar-refractivity contribution in [2.75, 3.05) is 11.1 Å². The molecule has 0 aliphatic heterocycles. The second kappa shape index (κ2) is 7.22. The van der Waals surface area contributed by atoms with Crippen molar-refractivity contribution in [1.29, 1.82) is 0 Å². The summed E-state index contributed by atoms with van der Waals surface area (Å²) >= 11 is 13.3. The zero-order chi connectivity index (χ0) is 19.3. The van der Waals surface area contributed by atoms with Crippen LogP contribution in [0.2, 0.25) is 10.0 Å². The van der Waals surface area contributed by atoms with E-state index in [0.29, 0.717) is 20.9 Å². The molecule has 28 heavy (non-hydrogen) atoms. The Morgan fingerprint density at radius 2 is 1.86 bits per heavy atom. The van der Waals surface area contributed by atoms with Gasteiger partial charge in [0.15, 0.2) is 0 Å². The summed E-state index contributed by atoms with van der Waals surface area (Å²) in [6.45, 7) is 0. The molecule has 0 spiro atoms. The van der Waals surface area contributed by atoms with E-state index in [2.05, 4.69) is 15.5 Å². The zero-order valence-electron chi connectivity index (χ0n) is 15.4. The summed E-state index contributed by atoms with van der Waals surface area (Å²) in [5, 5.41) is 12.0. The molecule has 8 heteroatoms. The first-order chi connectivity index (χ1) is 13.5. The Kier molecular flexibility index (Phi) is 4.84. The van der Waals surface area contributed by atoms with Gasteiger partial charge in [-0.2, -0.15) is 0 Å². The molecule has 1 heterocycles. The van der Waals surface area contributed by atoms with Crippen LogP contribution >= 0.6 is 35.0 Å². The van der Waals surface area contributed by atoms with E-state index in [1.165, 1.54) is 50.3 Å². The van der Waals surface area contributed by atoms with Gasteiger partial charge in [0, 0.05) is 10.4 Å². The summed E-state index contributed by atoms with van der Waals surface area (Å²) < 4.78 is 0. The summed E-state index contributed by atoms with van der Waals surface area (Å²) in [6.07, 6.45) is 7.95. The number of aromatic nitrogens is 3. The molecule has 0 unspecified atom stereocenters. The third-order valence-electron chi connectivity index (χ3n) is 6.54. The van der Waals surface area contributed by atoms with E-state index in [1.54, 1.807) is 18.2 Å². The molecule has 4 saturated carbocycles. The van der Waals surface area contributed by atoms with Gasteiger partial charge in [0.2, 0.25) is 11.1 Å². The number of hydrogen-bond donors (Lipinski definition) is 2. The van der Waals surface area contributed by atoms with Crippen molar-refractivity contribution >= 4 is 46.6 Å². The van der Waals surface area contributed by atoms with Crippen molar-refractivity contribution in [3.8, 4) is 0 Å². The predicted octanol–water partition coefficient (Wildman–Crippen LogP) is 5.31. The minimum atomic E-state index is -0.143. The van der Waals surface area contributed by atoms with Gasteiger partial charge in [-0.1, -0.05) is 35.0 Å². The Balaban J connectivity index is 1.22. The first kappa shape index (κ1) is 18.8. The molecule has 4 aliphatic carbocycles. The zero-order valence-corrected chi connectivity index (χ0v) is 17.7. The van der Waals surface area contributed by atoms with Gasteiger partial charge >= 0.3 is 0 Å². The molecular formula is C20H22Cl2N4OS. The lowest BCUT2D eigenvalue weighted by atomic mass is 9.49. The molecule has 5 nitrogen and oxygen atoms in total. The highest BCUT2D eigenvalue weighted by Crippen LogP contribution is 2.60. The van der Waals surface area contributed by atoms with Crippen molar-refractivity contribution < 1.29 is 4.79 Å². The number of H-pyrrole nitrogens is 1. The third-order valence-corrected chi connectivity index (χ3v) is 7.94. The number of hydrogen-bond acceptors (Lipinski definition) is 4. The topological polar surface area (TPSA) is 70.7 Å². The van der Waals surface area contributed by atoms with E-state index < -0.39 is 0 Å². The van der Waals surface area contributed by atoms with Gasteiger partial charge in [0.05, 0.1) is 16.5 Å². The van der Waals surface area contributed by atoms with Gasteiger partial charge in [-0.05, 0) is 74.5 Å². The highest BCUT2D eigenvalue weighted by molar-refractivity contribution is 7.99. The van der Waals surface area contributed by atoms with Crippen LogP contribution in [-0.4, -0.2) is 26.8 Å². The normalized spacial score (nSPS) is 30.6. The van der Waals surface area contributed by atoms with Crippen LogP contribution in [0.5, 0.6) is 0 Å². The number of halogens is 2. The number of anilines is 1. The van der Waals surface area contributed by atoms with E-state index in [1.807, 2.05) is 0 Å². The number of benzene rings is 1. The second-order valence-electron chi connectivity index (χ2n) is 8.63. The smallest absolute Gasteiger partial charge is 0.234 e. The summed E-state index contributed by atoms with van der Waals surface area (Å²) in [7, 11) is 0. The molecule has 1 aromatic carbocycles. The average molecular weight is 437 g/mol. The number of nitrogens with zero attached hydrogens (tertiary/aromatic N) is 2. The number of amides is 1. The number of thioether (sulfide) groups is 1. The molecular weight excluding hydrogens is 415 g/mol. The van der Waals surface area contributed by atoms with Gasteiger partial charge in [-0.3, -0.25) is 9.89 Å². The molecule has 0 radical (unpaired) electrons. The van der Waals surface area contributed by atoms with Crippen LogP contribution in [0.4, 0.5) is 5.69 Å². The quantitative estimate of drug-likeness (QED) is 0.622. The standard InChI is InChI=1S/C20H22Cl2N4OS/c21-14-1-2-16(15(22)6-14)23-17(27)10-28-19-24-18(25-26-19)20-7-11-3-12(8-20)5-13(4-11)9-20/h1-2,6,11-13H,3-5,7-10H2,(H,23,27)(H,24,25,26). The molecule has 4 bridgehead atoms. The van der Waals surface area contributed by atoms with Crippen molar-refractivity contribution in [3.05, 3.63) is 34.1 Å². The van der Waals surface area contributed by atoms with Crippen molar-refractivity contribution in [2.24, 2.45) is 17.8 Å². The Labute approximate surface area is 178 Å². The lowest BCUT2D eigenvalue weighted by molar-refractivity contribution is -0.113. The van der Waals surface area contributed by atoms with Gasteiger partial charge < -0.3 is 5.32 Å². The van der Waals surface area contributed by atoms with Crippen molar-refractivity contribution in [2.45, 2.75) is 49.1 Å². The highest BCUT2D eigenvalue weighted by Gasteiger charge is 2.53. The minimum Gasteiger partial charge on any atom is -0.324 e. The minimum absolute atomic E-state index is 0.143. The second-order valence-corrected chi connectivity index (χ2v) is 10.4. The SMILES string of the molecule is O=C(CSc1n[nH]c(C23CC4CC(CC(C4)C2)C3)n1)Nc1ccc(Cl)cc1Cl. The number of carbonyl (C=O) groups is 1.